The number of nitrogens with zero attached hydrogens (tertiary/aromatic N) is 4. The minimum Gasteiger partial charge on any atom is -0.378 e. The topological polar surface area (TPSA) is 91.1 Å². The van der Waals surface area contributed by atoms with E-state index in [0.29, 0.717) is 49.0 Å². The summed E-state index contributed by atoms with van der Waals surface area (Å²) in [6.45, 7) is 3.42. The summed E-state index contributed by atoms with van der Waals surface area (Å²) in [6, 6.07) is 7.30. The van der Waals surface area contributed by atoms with Crippen LogP contribution in [-0.2, 0) is 17.0 Å². The van der Waals surface area contributed by atoms with Crippen molar-refractivity contribution < 1.29 is 18.6 Å². The van der Waals surface area contributed by atoms with Crippen molar-refractivity contribution in [2.45, 2.75) is 17.2 Å². The second-order valence-corrected chi connectivity index (χ2v) is 9.48. The summed E-state index contributed by atoms with van der Waals surface area (Å²) >= 11 is 0. The molecular weight excluding hydrogens is 380 g/mol. The fraction of sp³-hybridized carbons (Fsp3) is 0.474. The number of hydrogen-bond acceptors (Lipinski definition) is 6. The molecule has 1 amide bonds. The maximum Gasteiger partial charge on any atom is 0.274 e. The summed E-state index contributed by atoms with van der Waals surface area (Å²) in [7, 11) is 0.954. The number of carbonyl (C=O) groups excluding carboxylic acids is 1. The third kappa shape index (κ3) is 3.44. The molecule has 9 heteroatoms. The first-order chi connectivity index (χ1) is 13.4. The second-order valence-electron chi connectivity index (χ2n) is 7.41. The largest absolute Gasteiger partial charge is 0.378 e. The van der Waals surface area contributed by atoms with Gasteiger partial charge < -0.3 is 14.5 Å². The maximum atomic E-state index is 13.2. The Labute approximate surface area is 166 Å². The third-order valence-corrected chi connectivity index (χ3v) is 6.90. The van der Waals surface area contributed by atoms with E-state index in [4.69, 9.17) is 4.74 Å². The highest BCUT2D eigenvalue weighted by molar-refractivity contribution is 8.23. The van der Waals surface area contributed by atoms with Gasteiger partial charge >= 0.3 is 0 Å². The van der Waals surface area contributed by atoms with E-state index < -0.39 is 10.6 Å². The molecular formula is C19H26N4O4S. The van der Waals surface area contributed by atoms with E-state index in [0.717, 1.165) is 17.8 Å². The van der Waals surface area contributed by atoms with Crippen LogP contribution in [0.25, 0.3) is 11.3 Å². The van der Waals surface area contributed by atoms with E-state index in [1.165, 1.54) is 0 Å². The lowest BCUT2D eigenvalue weighted by molar-refractivity contribution is 0.0298. The molecule has 1 aromatic heterocycles. The molecule has 1 saturated heterocycles. The molecule has 3 heterocycles. The van der Waals surface area contributed by atoms with E-state index >= 15 is 0 Å². The summed E-state index contributed by atoms with van der Waals surface area (Å²) in [5.74, 6) is -0.148. The number of rotatable bonds is 4. The molecule has 1 fully saturated rings. The average Bonchev–Trinajstić information content (AvgIpc) is 3.04. The highest BCUT2D eigenvalue weighted by Crippen LogP contribution is 2.59. The Bertz CT molecular complexity index is 890. The van der Waals surface area contributed by atoms with Crippen molar-refractivity contribution in [2.24, 2.45) is 0 Å². The third-order valence-electron chi connectivity index (χ3n) is 5.15. The first-order valence-corrected chi connectivity index (χ1v) is 11.1. The van der Waals surface area contributed by atoms with Crippen molar-refractivity contribution in [3.05, 3.63) is 35.5 Å². The monoisotopic (exact) mass is 406 g/mol. The molecule has 0 saturated carbocycles. The summed E-state index contributed by atoms with van der Waals surface area (Å²) in [6.07, 6.45) is 0. The lowest BCUT2D eigenvalue weighted by Gasteiger charge is -2.38. The minimum atomic E-state index is -3.02. The van der Waals surface area contributed by atoms with Crippen LogP contribution in [0.1, 0.15) is 16.1 Å². The van der Waals surface area contributed by atoms with Gasteiger partial charge in [-0.1, -0.05) is 18.2 Å². The highest BCUT2D eigenvalue weighted by atomic mass is 32.3. The molecule has 28 heavy (non-hydrogen) atoms. The molecule has 2 aliphatic rings. The standard InChI is InChI=1S/C19H26N4O4S/c1-21(2)7-8-23-18-14-5-3-4-6-16(14)28(25,26)13-15(18)17(20-23)19(24)22-9-11-27-12-10-22/h3-6,25-26H,7-13H2,1-2H3. The van der Waals surface area contributed by atoms with Crippen LogP contribution in [0.5, 0.6) is 0 Å². The molecule has 152 valence electrons. The zero-order chi connectivity index (χ0) is 19.9. The molecule has 0 unspecified atom stereocenters. The predicted molar refractivity (Wildman–Crippen MR) is 108 cm³/mol. The van der Waals surface area contributed by atoms with Gasteiger partial charge in [0.15, 0.2) is 5.69 Å². The molecule has 1 aromatic carbocycles. The van der Waals surface area contributed by atoms with Gasteiger partial charge in [-0.25, -0.2) is 0 Å². The Morgan fingerprint density at radius 3 is 2.68 bits per heavy atom. The van der Waals surface area contributed by atoms with Crippen LogP contribution in [0, 0.1) is 0 Å². The van der Waals surface area contributed by atoms with Gasteiger partial charge in [-0.15, -0.1) is 0 Å². The first-order valence-electron chi connectivity index (χ1n) is 9.35. The van der Waals surface area contributed by atoms with Crippen molar-refractivity contribution in [1.82, 2.24) is 19.6 Å². The number of fused-ring (bicyclic) bond motifs is 3. The molecule has 4 rings (SSSR count). The Balaban J connectivity index is 1.83. The van der Waals surface area contributed by atoms with Gasteiger partial charge in [-0.05, 0) is 20.2 Å². The zero-order valence-electron chi connectivity index (χ0n) is 16.2. The van der Waals surface area contributed by atoms with Crippen molar-refractivity contribution in [2.75, 3.05) is 46.9 Å². The smallest absolute Gasteiger partial charge is 0.274 e. The Kier molecular flexibility index (Phi) is 5.19. The molecule has 0 spiro atoms. The van der Waals surface area contributed by atoms with Crippen molar-refractivity contribution in [3.63, 3.8) is 0 Å². The van der Waals surface area contributed by atoms with Crippen LogP contribution in [0.3, 0.4) is 0 Å². The SMILES string of the molecule is CN(C)CCn1nc(C(=O)N2CCOCC2)c2c1-c1ccccc1S(O)(O)C2. The predicted octanol–water partition coefficient (Wildman–Crippen LogP) is 2.21. The van der Waals surface area contributed by atoms with Gasteiger partial charge in [0, 0.05) is 30.8 Å². The number of likely N-dealkylation sites (N-methyl/N-ethyl adjacent to an activating group) is 1. The number of ether oxygens (including phenoxy) is 1. The fourth-order valence-electron chi connectivity index (χ4n) is 3.71. The van der Waals surface area contributed by atoms with Gasteiger partial charge in [0.25, 0.3) is 5.91 Å². The molecule has 2 aromatic rings. The van der Waals surface area contributed by atoms with Gasteiger partial charge in [-0.3, -0.25) is 18.6 Å². The zero-order valence-corrected chi connectivity index (χ0v) is 17.0. The van der Waals surface area contributed by atoms with Gasteiger partial charge in [0.1, 0.15) is 0 Å². The first kappa shape index (κ1) is 19.4. The molecule has 2 N–H and O–H groups in total. The van der Waals surface area contributed by atoms with Crippen molar-refractivity contribution in [3.8, 4) is 11.3 Å². The number of benzene rings is 1. The van der Waals surface area contributed by atoms with Crippen LogP contribution in [0.4, 0.5) is 0 Å². The van der Waals surface area contributed by atoms with Crippen LogP contribution >= 0.6 is 10.6 Å². The van der Waals surface area contributed by atoms with E-state index in [1.807, 2.05) is 30.9 Å². The number of amides is 1. The van der Waals surface area contributed by atoms with E-state index in [1.54, 1.807) is 17.0 Å². The number of morpholine rings is 1. The molecule has 2 aliphatic heterocycles. The fourth-order valence-corrected chi connectivity index (χ4v) is 5.35. The van der Waals surface area contributed by atoms with Crippen LogP contribution in [0.2, 0.25) is 0 Å². The van der Waals surface area contributed by atoms with E-state index in [9.17, 15) is 13.9 Å². The Morgan fingerprint density at radius 2 is 1.96 bits per heavy atom. The normalized spacial score (nSPS) is 19.2. The van der Waals surface area contributed by atoms with Crippen molar-refractivity contribution >= 4 is 16.5 Å². The van der Waals surface area contributed by atoms with Crippen molar-refractivity contribution in [1.29, 1.82) is 0 Å². The van der Waals surface area contributed by atoms with E-state index in [2.05, 4.69) is 10.00 Å². The molecule has 0 aliphatic carbocycles. The second kappa shape index (κ2) is 7.49. The lowest BCUT2D eigenvalue weighted by Crippen LogP contribution is -2.41. The highest BCUT2D eigenvalue weighted by Gasteiger charge is 2.36. The van der Waals surface area contributed by atoms with Gasteiger partial charge in [0.2, 0.25) is 0 Å². The molecule has 0 bridgehead atoms. The summed E-state index contributed by atoms with van der Waals surface area (Å²) < 4.78 is 28.7. The van der Waals surface area contributed by atoms with Gasteiger partial charge in [-0.2, -0.15) is 15.7 Å². The van der Waals surface area contributed by atoms with Crippen LogP contribution in [-0.4, -0.2) is 81.5 Å². The Morgan fingerprint density at radius 1 is 1.25 bits per heavy atom. The average molecular weight is 407 g/mol. The summed E-state index contributed by atoms with van der Waals surface area (Å²) in [5.41, 5.74) is 2.52. The summed E-state index contributed by atoms with van der Waals surface area (Å²) in [4.78, 5) is 17.5. The number of hydrogen-bond donors (Lipinski definition) is 2. The lowest BCUT2D eigenvalue weighted by atomic mass is 10.1. The summed E-state index contributed by atoms with van der Waals surface area (Å²) in [5, 5.41) is 4.65. The van der Waals surface area contributed by atoms with Gasteiger partial charge in [0.05, 0.1) is 36.1 Å². The van der Waals surface area contributed by atoms with E-state index in [-0.39, 0.29) is 11.7 Å². The molecule has 0 radical (unpaired) electrons. The molecule has 8 nitrogen and oxygen atoms in total. The quantitative estimate of drug-likeness (QED) is 0.809. The number of aromatic nitrogens is 2. The van der Waals surface area contributed by atoms with Crippen LogP contribution < -0.4 is 0 Å². The minimum absolute atomic E-state index is 0.0206. The Hall–Kier alpha value is -1.91. The molecule has 0 atom stereocenters. The van der Waals surface area contributed by atoms with Crippen LogP contribution in [0.15, 0.2) is 29.2 Å². The maximum absolute atomic E-state index is 13.2. The number of carbonyl (C=O) groups is 1.